The van der Waals surface area contributed by atoms with Crippen LogP contribution in [-0.4, -0.2) is 28.3 Å². The molecule has 1 rings (SSSR count). The first-order valence-electron chi connectivity index (χ1n) is 4.84. The number of hydrogen-bond donors (Lipinski definition) is 0. The first-order valence-corrected chi connectivity index (χ1v) is 7.56. The van der Waals surface area contributed by atoms with Crippen molar-refractivity contribution in [3.63, 3.8) is 0 Å². The van der Waals surface area contributed by atoms with Crippen molar-refractivity contribution in [3.05, 3.63) is 0 Å². The van der Waals surface area contributed by atoms with Crippen LogP contribution in [0.25, 0.3) is 0 Å². The minimum absolute atomic E-state index is 0.132. The van der Waals surface area contributed by atoms with Gasteiger partial charge in [0.2, 0.25) is 0 Å². The Bertz CT molecular complexity index is 218. The van der Waals surface area contributed by atoms with Gasteiger partial charge in [0.1, 0.15) is 0 Å². The Morgan fingerprint density at radius 3 is 2.93 bits per heavy atom. The van der Waals surface area contributed by atoms with E-state index >= 15 is 0 Å². The van der Waals surface area contributed by atoms with Gasteiger partial charge in [0.05, 0.1) is 16.9 Å². The number of rotatable bonds is 5. The molecule has 1 heterocycles. The molecule has 0 aliphatic carbocycles. The van der Waals surface area contributed by atoms with E-state index in [0.717, 1.165) is 31.4 Å². The Morgan fingerprint density at radius 1 is 1.57 bits per heavy atom. The molecule has 14 heavy (non-hydrogen) atoms. The zero-order valence-electron chi connectivity index (χ0n) is 8.36. The summed E-state index contributed by atoms with van der Waals surface area (Å²) in [5.41, 5.74) is 0. The third-order valence-electron chi connectivity index (χ3n) is 2.23. The van der Waals surface area contributed by atoms with Gasteiger partial charge in [-0.05, 0) is 19.3 Å². The van der Waals surface area contributed by atoms with Gasteiger partial charge in [-0.15, -0.1) is 0 Å². The van der Waals surface area contributed by atoms with Crippen molar-refractivity contribution in [2.45, 2.75) is 37.4 Å². The minimum atomic E-state index is -0.644. The van der Waals surface area contributed by atoms with Crippen molar-refractivity contribution in [1.82, 2.24) is 0 Å². The van der Waals surface area contributed by atoms with Crippen LogP contribution in [0.1, 0.15) is 32.1 Å². The molecule has 0 aromatic heterocycles. The Balaban J connectivity index is 1.99. The molecule has 0 aromatic rings. The predicted octanol–water partition coefficient (Wildman–Crippen LogP) is 1.89. The van der Waals surface area contributed by atoms with Crippen LogP contribution < -0.4 is 0 Å². The standard InChI is InChI=1S/C9H16O3S2/c1-12-9(10)5-3-2-4-8-6-7-14(11)13-8/h8H,2-7H2,1H3/t8-,14?/m1/s1. The maximum Gasteiger partial charge on any atom is 0.305 e. The molecule has 1 unspecified atom stereocenters. The second kappa shape index (κ2) is 6.45. The molecule has 1 saturated heterocycles. The third-order valence-corrected chi connectivity index (χ3v) is 5.72. The molecule has 0 spiro atoms. The highest BCUT2D eigenvalue weighted by atomic mass is 33.1. The second-order valence-electron chi connectivity index (χ2n) is 3.34. The van der Waals surface area contributed by atoms with Crippen LogP contribution in [0.4, 0.5) is 0 Å². The average Bonchev–Trinajstić information content (AvgIpc) is 2.58. The molecule has 1 fully saturated rings. The van der Waals surface area contributed by atoms with E-state index in [9.17, 15) is 9.00 Å². The number of carbonyl (C=O) groups is 1. The van der Waals surface area contributed by atoms with E-state index in [1.165, 1.54) is 7.11 Å². The van der Waals surface area contributed by atoms with Gasteiger partial charge < -0.3 is 4.74 Å². The van der Waals surface area contributed by atoms with E-state index in [1.807, 2.05) is 0 Å². The summed E-state index contributed by atoms with van der Waals surface area (Å²) in [6.07, 6.45) is 4.57. The molecule has 3 nitrogen and oxygen atoms in total. The molecule has 1 aliphatic heterocycles. The van der Waals surface area contributed by atoms with Crippen LogP contribution in [0.2, 0.25) is 0 Å². The zero-order valence-corrected chi connectivity index (χ0v) is 9.99. The Labute approximate surface area is 90.8 Å². The highest BCUT2D eigenvalue weighted by Crippen LogP contribution is 2.31. The van der Waals surface area contributed by atoms with Gasteiger partial charge >= 0.3 is 5.97 Å². The van der Waals surface area contributed by atoms with Gasteiger partial charge in [-0.2, -0.15) is 0 Å². The van der Waals surface area contributed by atoms with Crippen LogP contribution >= 0.6 is 10.8 Å². The van der Waals surface area contributed by atoms with Gasteiger partial charge in [0.25, 0.3) is 0 Å². The summed E-state index contributed by atoms with van der Waals surface area (Å²) >= 11 is 0. The van der Waals surface area contributed by atoms with Crippen LogP contribution in [-0.2, 0) is 19.4 Å². The zero-order chi connectivity index (χ0) is 10.4. The highest BCUT2D eigenvalue weighted by Gasteiger charge is 2.21. The van der Waals surface area contributed by atoms with Crippen molar-refractivity contribution in [2.75, 3.05) is 12.9 Å². The van der Waals surface area contributed by atoms with Gasteiger partial charge in [0.15, 0.2) is 0 Å². The van der Waals surface area contributed by atoms with Gasteiger partial charge in [0, 0.05) is 17.4 Å². The molecule has 2 atom stereocenters. The van der Waals surface area contributed by atoms with Crippen molar-refractivity contribution in [1.29, 1.82) is 0 Å². The summed E-state index contributed by atoms with van der Waals surface area (Å²) in [4.78, 5) is 10.8. The van der Waals surface area contributed by atoms with Gasteiger partial charge in [-0.1, -0.05) is 17.2 Å². The molecule has 0 amide bonds. The van der Waals surface area contributed by atoms with Crippen LogP contribution in [0, 0.1) is 0 Å². The van der Waals surface area contributed by atoms with E-state index in [2.05, 4.69) is 4.74 Å². The lowest BCUT2D eigenvalue weighted by Gasteiger charge is -2.05. The van der Waals surface area contributed by atoms with Crippen molar-refractivity contribution in [3.8, 4) is 0 Å². The van der Waals surface area contributed by atoms with E-state index in [0.29, 0.717) is 11.7 Å². The summed E-state index contributed by atoms with van der Waals surface area (Å²) in [6.45, 7) is 0. The van der Waals surface area contributed by atoms with Crippen LogP contribution in [0.5, 0.6) is 0 Å². The second-order valence-corrected chi connectivity index (χ2v) is 6.90. The van der Waals surface area contributed by atoms with E-state index < -0.39 is 9.83 Å². The third kappa shape index (κ3) is 4.46. The summed E-state index contributed by atoms with van der Waals surface area (Å²) in [6, 6.07) is 0. The smallest absolute Gasteiger partial charge is 0.305 e. The monoisotopic (exact) mass is 236 g/mol. The van der Waals surface area contributed by atoms with Gasteiger partial charge in [-0.3, -0.25) is 4.79 Å². The Morgan fingerprint density at radius 2 is 2.36 bits per heavy atom. The van der Waals surface area contributed by atoms with E-state index in [1.54, 1.807) is 10.8 Å². The Kier molecular flexibility index (Phi) is 5.55. The van der Waals surface area contributed by atoms with E-state index in [-0.39, 0.29) is 5.97 Å². The first-order chi connectivity index (χ1) is 6.72. The molecule has 0 aromatic carbocycles. The molecule has 5 heteroatoms. The fourth-order valence-electron chi connectivity index (χ4n) is 1.41. The average molecular weight is 236 g/mol. The quantitative estimate of drug-likeness (QED) is 0.415. The molecule has 0 radical (unpaired) electrons. The van der Waals surface area contributed by atoms with Crippen LogP contribution in [0.15, 0.2) is 0 Å². The molecule has 1 aliphatic rings. The fraction of sp³-hybridized carbons (Fsp3) is 0.889. The molecule has 82 valence electrons. The molecule has 0 N–H and O–H groups in total. The number of carbonyl (C=O) groups excluding carboxylic acids is 1. The number of esters is 1. The Hall–Kier alpha value is -0.0300. The lowest BCUT2D eigenvalue weighted by molar-refractivity contribution is -0.140. The largest absolute Gasteiger partial charge is 0.469 e. The summed E-state index contributed by atoms with van der Waals surface area (Å²) in [7, 11) is 2.36. The highest BCUT2D eigenvalue weighted by molar-refractivity contribution is 8.69. The van der Waals surface area contributed by atoms with Crippen molar-refractivity contribution >= 4 is 26.6 Å². The van der Waals surface area contributed by atoms with Crippen molar-refractivity contribution < 1.29 is 13.7 Å². The summed E-state index contributed by atoms with van der Waals surface area (Å²) in [5, 5.41) is 0.550. The fourth-order valence-corrected chi connectivity index (χ4v) is 4.98. The lowest BCUT2D eigenvalue weighted by Crippen LogP contribution is -2.01. The topological polar surface area (TPSA) is 43.4 Å². The lowest BCUT2D eigenvalue weighted by atomic mass is 10.1. The SMILES string of the molecule is COC(=O)CCCC[C@@H]1CCS(=O)S1. The summed E-state index contributed by atoms with van der Waals surface area (Å²) in [5.74, 6) is 0.708. The van der Waals surface area contributed by atoms with Crippen molar-refractivity contribution in [2.24, 2.45) is 0 Å². The number of hydrogen-bond acceptors (Lipinski definition) is 4. The van der Waals surface area contributed by atoms with Gasteiger partial charge in [-0.25, -0.2) is 4.21 Å². The molecular weight excluding hydrogens is 220 g/mol. The number of ether oxygens (including phenoxy) is 1. The van der Waals surface area contributed by atoms with E-state index in [4.69, 9.17) is 0 Å². The predicted molar refractivity (Wildman–Crippen MR) is 59.5 cm³/mol. The van der Waals surface area contributed by atoms with Crippen LogP contribution in [0.3, 0.4) is 0 Å². The molecular formula is C9H16O3S2. The molecule has 0 bridgehead atoms. The molecule has 0 saturated carbocycles. The maximum atomic E-state index is 11.0. The normalized spacial score (nSPS) is 26.4. The first kappa shape index (κ1) is 12.0. The number of unbranched alkanes of at least 4 members (excludes halogenated alkanes) is 1. The summed E-state index contributed by atoms with van der Waals surface area (Å²) < 4.78 is 15.6. The maximum absolute atomic E-state index is 11.0. The number of methoxy groups -OCH3 is 1. The minimum Gasteiger partial charge on any atom is -0.469 e.